The number of nitrogens with zero attached hydrogens (tertiary/aromatic N) is 2. The molecule has 0 fully saturated rings. The van der Waals surface area contributed by atoms with E-state index in [-0.39, 0.29) is 11.3 Å². The zero-order valence-electron chi connectivity index (χ0n) is 12.9. The molecule has 2 aromatic carbocycles. The number of benzene rings is 2. The normalized spacial score (nSPS) is 10.9. The molecule has 0 saturated carbocycles. The van der Waals surface area contributed by atoms with E-state index in [0.29, 0.717) is 0 Å². The molecule has 0 amide bonds. The molecule has 0 aliphatic rings. The van der Waals surface area contributed by atoms with Gasteiger partial charge in [-0.05, 0) is 18.2 Å². The lowest BCUT2D eigenvalue weighted by Gasteiger charge is -2.21. The number of methoxy groups -OCH3 is 1. The van der Waals surface area contributed by atoms with Crippen LogP contribution >= 0.6 is 0 Å². The number of carbonyl (C=O) groups is 1. The van der Waals surface area contributed by atoms with Crippen molar-refractivity contribution in [2.45, 2.75) is 4.90 Å². The molecule has 2 rings (SSSR count). The molecule has 0 aliphatic heterocycles. The molecule has 0 radical (unpaired) electrons. The van der Waals surface area contributed by atoms with E-state index in [0.717, 1.165) is 16.4 Å². The molecule has 0 bridgehead atoms. The van der Waals surface area contributed by atoms with Gasteiger partial charge in [0.15, 0.2) is 4.90 Å². The van der Waals surface area contributed by atoms with Crippen molar-refractivity contribution in [3.8, 4) is 0 Å². The Hall–Kier alpha value is -2.94. The van der Waals surface area contributed by atoms with Gasteiger partial charge in [0, 0.05) is 13.1 Å². The SMILES string of the molecule is COC(=O)c1ccccc1N(C)S(=O)(=O)c1ccccc1[N+](=O)[O-]. The van der Waals surface area contributed by atoms with Crippen molar-refractivity contribution >= 4 is 27.4 Å². The van der Waals surface area contributed by atoms with Gasteiger partial charge in [-0.1, -0.05) is 24.3 Å². The number of para-hydroxylation sites is 2. The van der Waals surface area contributed by atoms with Crippen molar-refractivity contribution in [2.75, 3.05) is 18.5 Å². The van der Waals surface area contributed by atoms with E-state index in [2.05, 4.69) is 4.74 Å². The number of hydrogen-bond donors (Lipinski definition) is 0. The van der Waals surface area contributed by atoms with Gasteiger partial charge in [-0.2, -0.15) is 0 Å². The molecule has 0 aromatic heterocycles. The van der Waals surface area contributed by atoms with Crippen molar-refractivity contribution in [2.24, 2.45) is 0 Å². The molecule has 0 saturated heterocycles. The zero-order chi connectivity index (χ0) is 17.9. The van der Waals surface area contributed by atoms with E-state index in [9.17, 15) is 23.3 Å². The van der Waals surface area contributed by atoms with Crippen LogP contribution in [0.5, 0.6) is 0 Å². The monoisotopic (exact) mass is 350 g/mol. The molecule has 0 N–H and O–H groups in total. The Balaban J connectivity index is 2.60. The number of sulfonamides is 1. The fourth-order valence-corrected chi connectivity index (χ4v) is 3.50. The zero-order valence-corrected chi connectivity index (χ0v) is 13.7. The van der Waals surface area contributed by atoms with E-state index in [1.165, 1.54) is 38.4 Å². The lowest BCUT2D eigenvalue weighted by Crippen LogP contribution is -2.28. The van der Waals surface area contributed by atoms with Crippen LogP contribution in [-0.2, 0) is 14.8 Å². The van der Waals surface area contributed by atoms with Crippen molar-refractivity contribution < 1.29 is 22.9 Å². The molecule has 0 aliphatic carbocycles. The first-order valence-electron chi connectivity index (χ1n) is 6.70. The molecule has 126 valence electrons. The molecular formula is C15H14N2O6S. The van der Waals surface area contributed by atoms with Crippen molar-refractivity contribution in [1.82, 2.24) is 0 Å². The summed E-state index contributed by atoms with van der Waals surface area (Å²) in [5.41, 5.74) is -0.452. The van der Waals surface area contributed by atoms with Gasteiger partial charge in [0.1, 0.15) is 0 Å². The summed E-state index contributed by atoms with van der Waals surface area (Å²) in [7, 11) is -1.86. The van der Waals surface area contributed by atoms with E-state index in [4.69, 9.17) is 0 Å². The van der Waals surface area contributed by atoms with Crippen LogP contribution in [0.1, 0.15) is 10.4 Å². The Bertz CT molecular complexity index is 894. The molecule has 8 nitrogen and oxygen atoms in total. The van der Waals surface area contributed by atoms with Gasteiger partial charge in [-0.25, -0.2) is 13.2 Å². The number of esters is 1. The highest BCUT2D eigenvalue weighted by atomic mass is 32.2. The minimum atomic E-state index is -4.25. The fourth-order valence-electron chi connectivity index (χ4n) is 2.13. The highest BCUT2D eigenvalue weighted by molar-refractivity contribution is 7.93. The first kappa shape index (κ1) is 17.4. The lowest BCUT2D eigenvalue weighted by molar-refractivity contribution is -0.387. The Labute approximate surface area is 138 Å². The van der Waals surface area contributed by atoms with Crippen LogP contribution in [-0.4, -0.2) is 33.5 Å². The Morgan fingerprint density at radius 3 is 2.33 bits per heavy atom. The van der Waals surface area contributed by atoms with Crippen molar-refractivity contribution in [1.29, 1.82) is 0 Å². The second-order valence-electron chi connectivity index (χ2n) is 4.71. The number of hydrogen-bond acceptors (Lipinski definition) is 6. The standard InChI is InChI=1S/C15H14N2O6S/c1-16(12-8-4-3-7-11(12)15(18)23-2)24(21,22)14-10-6-5-9-13(14)17(19)20/h3-10H,1-2H3. The minimum absolute atomic E-state index is 0.0321. The largest absolute Gasteiger partial charge is 0.465 e. The van der Waals surface area contributed by atoms with Gasteiger partial charge in [-0.3, -0.25) is 14.4 Å². The fraction of sp³-hybridized carbons (Fsp3) is 0.133. The average molecular weight is 350 g/mol. The van der Waals surface area contributed by atoms with E-state index >= 15 is 0 Å². The van der Waals surface area contributed by atoms with E-state index < -0.39 is 31.5 Å². The number of nitro benzene ring substituents is 1. The second kappa shape index (κ2) is 6.67. The molecule has 0 unspecified atom stereocenters. The summed E-state index contributed by atoms with van der Waals surface area (Å²) in [4.78, 5) is 21.7. The Kier molecular flexibility index (Phi) is 4.84. The van der Waals surface area contributed by atoms with Gasteiger partial charge in [0.05, 0.1) is 23.3 Å². The van der Waals surface area contributed by atoms with Gasteiger partial charge in [0.2, 0.25) is 0 Å². The van der Waals surface area contributed by atoms with Gasteiger partial charge in [-0.15, -0.1) is 0 Å². The second-order valence-corrected chi connectivity index (χ2v) is 6.64. The van der Waals surface area contributed by atoms with Gasteiger partial charge >= 0.3 is 5.97 Å². The Morgan fingerprint density at radius 2 is 1.71 bits per heavy atom. The highest BCUT2D eigenvalue weighted by Crippen LogP contribution is 2.30. The smallest absolute Gasteiger partial charge is 0.340 e. The summed E-state index contributed by atoms with van der Waals surface area (Å²) >= 11 is 0. The van der Waals surface area contributed by atoms with Crippen LogP contribution in [0.3, 0.4) is 0 Å². The molecular weight excluding hydrogens is 336 g/mol. The number of carbonyl (C=O) groups excluding carboxylic acids is 1. The third-order valence-electron chi connectivity index (χ3n) is 3.35. The number of rotatable bonds is 5. The first-order valence-corrected chi connectivity index (χ1v) is 8.14. The van der Waals surface area contributed by atoms with Crippen LogP contribution in [0, 0.1) is 10.1 Å². The highest BCUT2D eigenvalue weighted by Gasteiger charge is 2.31. The topological polar surface area (TPSA) is 107 Å². The van der Waals surface area contributed by atoms with Crippen LogP contribution in [0.2, 0.25) is 0 Å². The summed E-state index contributed by atoms with van der Waals surface area (Å²) in [6.45, 7) is 0. The molecule has 9 heteroatoms. The lowest BCUT2D eigenvalue weighted by atomic mass is 10.2. The molecule has 24 heavy (non-hydrogen) atoms. The summed E-state index contributed by atoms with van der Waals surface area (Å²) in [5, 5.41) is 11.1. The van der Waals surface area contributed by atoms with E-state index in [1.807, 2.05) is 0 Å². The maximum Gasteiger partial charge on any atom is 0.340 e. The maximum atomic E-state index is 12.8. The Morgan fingerprint density at radius 1 is 1.12 bits per heavy atom. The van der Waals surface area contributed by atoms with E-state index in [1.54, 1.807) is 12.1 Å². The number of ether oxygens (including phenoxy) is 1. The van der Waals surface area contributed by atoms with Gasteiger partial charge in [0.25, 0.3) is 15.7 Å². The first-order chi connectivity index (χ1) is 11.3. The van der Waals surface area contributed by atoms with Crippen LogP contribution in [0.15, 0.2) is 53.4 Å². The predicted molar refractivity (Wildman–Crippen MR) is 86.5 cm³/mol. The number of anilines is 1. The summed E-state index contributed by atoms with van der Waals surface area (Å²) < 4.78 is 31.0. The van der Waals surface area contributed by atoms with Crippen molar-refractivity contribution in [3.63, 3.8) is 0 Å². The molecule has 0 atom stereocenters. The van der Waals surface area contributed by atoms with Crippen LogP contribution < -0.4 is 4.31 Å². The third-order valence-corrected chi connectivity index (χ3v) is 5.17. The number of nitro groups is 1. The minimum Gasteiger partial charge on any atom is -0.465 e. The quantitative estimate of drug-likeness (QED) is 0.465. The van der Waals surface area contributed by atoms with Gasteiger partial charge < -0.3 is 4.74 Å². The summed E-state index contributed by atoms with van der Waals surface area (Å²) in [5.74, 6) is -0.713. The van der Waals surface area contributed by atoms with Crippen LogP contribution in [0.25, 0.3) is 0 Å². The molecule has 0 spiro atoms. The predicted octanol–water partition coefficient (Wildman–Crippen LogP) is 2.21. The van der Waals surface area contributed by atoms with Crippen LogP contribution in [0.4, 0.5) is 11.4 Å². The maximum absolute atomic E-state index is 12.8. The third kappa shape index (κ3) is 3.06. The summed E-state index contributed by atoms with van der Waals surface area (Å²) in [6, 6.07) is 10.9. The average Bonchev–Trinajstić information content (AvgIpc) is 2.60. The molecule has 2 aromatic rings. The molecule has 0 heterocycles. The summed E-state index contributed by atoms with van der Waals surface area (Å²) in [6.07, 6.45) is 0. The van der Waals surface area contributed by atoms with Crippen molar-refractivity contribution in [3.05, 3.63) is 64.2 Å².